The van der Waals surface area contributed by atoms with Gasteiger partial charge in [0, 0.05) is 17.4 Å². The Labute approximate surface area is 115 Å². The molecular formula is C16H23NO2. The van der Waals surface area contributed by atoms with Crippen LogP contribution in [0.5, 0.6) is 5.75 Å². The van der Waals surface area contributed by atoms with E-state index in [1.165, 1.54) is 0 Å². The third-order valence-corrected chi connectivity index (χ3v) is 3.36. The van der Waals surface area contributed by atoms with Gasteiger partial charge in [0.2, 0.25) is 5.91 Å². The highest BCUT2D eigenvalue weighted by Crippen LogP contribution is 2.39. The second kappa shape index (κ2) is 4.55. The Bertz CT molecular complexity index is 486. The van der Waals surface area contributed by atoms with Crippen molar-refractivity contribution in [1.29, 1.82) is 0 Å². The molecule has 1 aromatic rings. The van der Waals surface area contributed by atoms with Gasteiger partial charge in [-0.15, -0.1) is 0 Å². The van der Waals surface area contributed by atoms with Crippen LogP contribution in [0.4, 0.5) is 0 Å². The highest BCUT2D eigenvalue weighted by molar-refractivity contribution is 5.81. The van der Waals surface area contributed by atoms with E-state index in [4.69, 9.17) is 4.74 Å². The summed E-state index contributed by atoms with van der Waals surface area (Å²) in [7, 11) is 0. The van der Waals surface area contributed by atoms with Crippen LogP contribution in [0.3, 0.4) is 0 Å². The first-order chi connectivity index (χ1) is 8.69. The Kier molecular flexibility index (Phi) is 3.33. The zero-order chi connectivity index (χ0) is 14.3. The van der Waals surface area contributed by atoms with Crippen LogP contribution >= 0.6 is 0 Å². The van der Waals surface area contributed by atoms with E-state index in [0.717, 1.165) is 17.7 Å². The molecule has 0 saturated carbocycles. The largest absolute Gasteiger partial charge is 0.487 e. The molecule has 2 rings (SSSR count). The number of ether oxygens (including phenoxy) is 1. The average molecular weight is 261 g/mol. The zero-order valence-corrected chi connectivity index (χ0v) is 12.4. The van der Waals surface area contributed by atoms with Crippen molar-refractivity contribution in [3.63, 3.8) is 0 Å². The Morgan fingerprint density at radius 1 is 1.32 bits per heavy atom. The number of carbonyl (C=O) groups excluding carboxylic acids is 1. The SMILES string of the molecule is CC1(C)C[C@H](NC(=O)C(C)(C)C)c2ccccc2O1. The summed E-state index contributed by atoms with van der Waals surface area (Å²) < 4.78 is 5.97. The Hall–Kier alpha value is -1.51. The molecule has 104 valence electrons. The van der Waals surface area contributed by atoms with Crippen LogP contribution in [0.25, 0.3) is 0 Å². The number of carbonyl (C=O) groups is 1. The molecule has 1 aromatic carbocycles. The number of fused-ring (bicyclic) bond motifs is 1. The van der Waals surface area contributed by atoms with Gasteiger partial charge >= 0.3 is 0 Å². The van der Waals surface area contributed by atoms with Crippen molar-refractivity contribution < 1.29 is 9.53 Å². The zero-order valence-electron chi connectivity index (χ0n) is 12.4. The molecule has 0 fully saturated rings. The minimum absolute atomic E-state index is 0.0201. The molecule has 0 radical (unpaired) electrons. The van der Waals surface area contributed by atoms with Crippen LogP contribution in [-0.2, 0) is 4.79 Å². The molecular weight excluding hydrogens is 238 g/mol. The van der Waals surface area contributed by atoms with Gasteiger partial charge in [0.15, 0.2) is 0 Å². The van der Waals surface area contributed by atoms with Crippen molar-refractivity contribution >= 4 is 5.91 Å². The molecule has 0 bridgehead atoms. The van der Waals surface area contributed by atoms with E-state index < -0.39 is 0 Å². The maximum absolute atomic E-state index is 12.2. The lowest BCUT2D eigenvalue weighted by Gasteiger charge is -2.38. The molecule has 1 aliphatic rings. The fourth-order valence-corrected chi connectivity index (χ4v) is 2.31. The highest BCUT2D eigenvalue weighted by Gasteiger charge is 2.35. The third-order valence-electron chi connectivity index (χ3n) is 3.36. The van der Waals surface area contributed by atoms with E-state index in [-0.39, 0.29) is 23.0 Å². The summed E-state index contributed by atoms with van der Waals surface area (Å²) in [5, 5.41) is 3.15. The van der Waals surface area contributed by atoms with Gasteiger partial charge in [0.05, 0.1) is 6.04 Å². The molecule has 3 nitrogen and oxygen atoms in total. The van der Waals surface area contributed by atoms with Crippen LogP contribution < -0.4 is 10.1 Å². The van der Waals surface area contributed by atoms with Crippen molar-refractivity contribution in [2.24, 2.45) is 5.41 Å². The first-order valence-corrected chi connectivity index (χ1v) is 6.78. The number of amides is 1. The molecule has 1 aliphatic heterocycles. The van der Waals surface area contributed by atoms with Gasteiger partial charge in [0.1, 0.15) is 11.4 Å². The van der Waals surface area contributed by atoms with Crippen LogP contribution in [0.2, 0.25) is 0 Å². The lowest BCUT2D eigenvalue weighted by Crippen LogP contribution is -2.44. The predicted molar refractivity (Wildman–Crippen MR) is 76.1 cm³/mol. The molecule has 0 aromatic heterocycles. The molecule has 0 spiro atoms. The summed E-state index contributed by atoms with van der Waals surface area (Å²) in [5.74, 6) is 0.947. The van der Waals surface area contributed by atoms with E-state index in [9.17, 15) is 4.79 Å². The third kappa shape index (κ3) is 3.09. The number of rotatable bonds is 1. The Morgan fingerprint density at radius 2 is 1.95 bits per heavy atom. The number of nitrogens with one attached hydrogen (secondary N) is 1. The normalized spacial score (nSPS) is 21.2. The van der Waals surface area contributed by atoms with Crippen LogP contribution in [-0.4, -0.2) is 11.5 Å². The van der Waals surface area contributed by atoms with Crippen molar-refractivity contribution in [3.8, 4) is 5.75 Å². The number of benzene rings is 1. The van der Waals surface area contributed by atoms with Crippen molar-refractivity contribution in [1.82, 2.24) is 5.32 Å². The molecule has 3 heteroatoms. The van der Waals surface area contributed by atoms with Gasteiger partial charge in [-0.1, -0.05) is 39.0 Å². The summed E-state index contributed by atoms with van der Waals surface area (Å²) in [5.41, 5.74) is 0.432. The van der Waals surface area contributed by atoms with E-state index in [2.05, 4.69) is 19.2 Å². The molecule has 1 heterocycles. The molecule has 1 amide bonds. The predicted octanol–water partition coefficient (Wildman–Crippen LogP) is 3.45. The fourth-order valence-electron chi connectivity index (χ4n) is 2.31. The first-order valence-electron chi connectivity index (χ1n) is 6.78. The van der Waals surface area contributed by atoms with Crippen LogP contribution in [0, 0.1) is 5.41 Å². The maximum Gasteiger partial charge on any atom is 0.225 e. The van der Waals surface area contributed by atoms with Crippen LogP contribution in [0.15, 0.2) is 24.3 Å². The molecule has 19 heavy (non-hydrogen) atoms. The number of hydrogen-bond donors (Lipinski definition) is 1. The molecule has 1 N–H and O–H groups in total. The van der Waals surface area contributed by atoms with Gasteiger partial charge in [-0.2, -0.15) is 0 Å². The topological polar surface area (TPSA) is 38.3 Å². The van der Waals surface area contributed by atoms with Gasteiger partial charge in [-0.05, 0) is 19.9 Å². The number of hydrogen-bond acceptors (Lipinski definition) is 2. The number of para-hydroxylation sites is 1. The van der Waals surface area contributed by atoms with Gasteiger partial charge in [0.25, 0.3) is 0 Å². The van der Waals surface area contributed by atoms with Crippen molar-refractivity contribution in [2.75, 3.05) is 0 Å². The van der Waals surface area contributed by atoms with Crippen LogP contribution in [0.1, 0.15) is 52.6 Å². The fraction of sp³-hybridized carbons (Fsp3) is 0.562. The standard InChI is InChI=1S/C16H23NO2/c1-15(2,3)14(18)17-12-10-16(4,5)19-13-9-7-6-8-11(12)13/h6-9,12H,10H2,1-5H3,(H,17,18)/t12-/m0/s1. The van der Waals surface area contributed by atoms with Crippen molar-refractivity contribution in [2.45, 2.75) is 52.7 Å². The highest BCUT2D eigenvalue weighted by atomic mass is 16.5. The second-order valence-corrected chi connectivity index (χ2v) is 6.88. The van der Waals surface area contributed by atoms with Gasteiger partial charge < -0.3 is 10.1 Å². The first kappa shape index (κ1) is 13.9. The van der Waals surface area contributed by atoms with E-state index in [1.807, 2.05) is 45.0 Å². The van der Waals surface area contributed by atoms with Crippen molar-refractivity contribution in [3.05, 3.63) is 29.8 Å². The maximum atomic E-state index is 12.2. The summed E-state index contributed by atoms with van der Waals surface area (Å²) in [4.78, 5) is 12.2. The quantitative estimate of drug-likeness (QED) is 0.841. The minimum atomic E-state index is -0.378. The Balaban J connectivity index is 2.28. The summed E-state index contributed by atoms with van der Waals surface area (Å²) >= 11 is 0. The van der Waals surface area contributed by atoms with E-state index in [1.54, 1.807) is 0 Å². The molecule has 0 unspecified atom stereocenters. The monoisotopic (exact) mass is 261 g/mol. The smallest absolute Gasteiger partial charge is 0.225 e. The molecule has 0 saturated heterocycles. The van der Waals surface area contributed by atoms with E-state index >= 15 is 0 Å². The average Bonchev–Trinajstić information content (AvgIpc) is 2.26. The lowest BCUT2D eigenvalue weighted by atomic mass is 9.88. The van der Waals surface area contributed by atoms with Gasteiger partial charge in [-0.3, -0.25) is 4.79 Å². The molecule has 0 aliphatic carbocycles. The molecule has 1 atom stereocenters. The summed E-state index contributed by atoms with van der Waals surface area (Å²) in [6.07, 6.45) is 0.784. The second-order valence-electron chi connectivity index (χ2n) is 6.88. The lowest BCUT2D eigenvalue weighted by molar-refractivity contribution is -0.129. The van der Waals surface area contributed by atoms with Gasteiger partial charge in [-0.25, -0.2) is 0 Å². The van der Waals surface area contributed by atoms with E-state index in [0.29, 0.717) is 0 Å². The minimum Gasteiger partial charge on any atom is -0.487 e. The summed E-state index contributed by atoms with van der Waals surface area (Å²) in [6, 6.07) is 7.95. The Morgan fingerprint density at radius 3 is 2.58 bits per heavy atom. The summed E-state index contributed by atoms with van der Waals surface area (Å²) in [6.45, 7) is 9.90.